The maximum atomic E-state index is 12.4. The van der Waals surface area contributed by atoms with E-state index in [9.17, 15) is 8.42 Å². The first-order chi connectivity index (χ1) is 10.2. The fraction of sp³-hybridized carbons (Fsp3) is 0. The number of benzene rings is 2. The van der Waals surface area contributed by atoms with Gasteiger partial charge in [-0.2, -0.15) is 0 Å². The minimum Gasteiger partial charge on any atom is -0.304 e. The predicted octanol–water partition coefficient (Wildman–Crippen LogP) is 2.67. The SMILES string of the molecule is O=S(=O)(Nc1ccccc1-n1ccnc1)c1ccccc1. The van der Waals surface area contributed by atoms with Gasteiger partial charge < -0.3 is 4.57 Å². The third kappa shape index (κ3) is 2.80. The lowest BCUT2D eigenvalue weighted by Crippen LogP contribution is -2.14. The molecule has 0 amide bonds. The topological polar surface area (TPSA) is 64.0 Å². The zero-order valence-corrected chi connectivity index (χ0v) is 11.9. The highest BCUT2D eigenvalue weighted by atomic mass is 32.2. The lowest BCUT2D eigenvalue weighted by molar-refractivity contribution is 0.601. The molecule has 0 saturated carbocycles. The van der Waals surface area contributed by atoms with E-state index in [1.807, 2.05) is 12.1 Å². The van der Waals surface area contributed by atoms with Gasteiger partial charge in [0.05, 0.1) is 22.6 Å². The fourth-order valence-corrected chi connectivity index (χ4v) is 3.09. The number of hydrogen-bond acceptors (Lipinski definition) is 3. The Morgan fingerprint density at radius 3 is 2.38 bits per heavy atom. The van der Waals surface area contributed by atoms with Crippen LogP contribution in [0.25, 0.3) is 5.69 Å². The van der Waals surface area contributed by atoms with Gasteiger partial charge in [-0.3, -0.25) is 4.72 Å². The quantitative estimate of drug-likeness (QED) is 0.805. The van der Waals surface area contributed by atoms with Crippen molar-refractivity contribution in [2.24, 2.45) is 0 Å². The Kier molecular flexibility index (Phi) is 3.45. The van der Waals surface area contributed by atoms with E-state index in [0.29, 0.717) is 5.69 Å². The van der Waals surface area contributed by atoms with Crippen LogP contribution in [-0.2, 0) is 10.0 Å². The fourth-order valence-electron chi connectivity index (χ4n) is 1.99. The number of rotatable bonds is 4. The zero-order chi connectivity index (χ0) is 14.7. The lowest BCUT2D eigenvalue weighted by atomic mass is 10.3. The molecule has 5 nitrogen and oxygen atoms in total. The molecule has 0 saturated heterocycles. The van der Waals surface area contributed by atoms with Crippen molar-refractivity contribution in [1.82, 2.24) is 9.55 Å². The van der Waals surface area contributed by atoms with E-state index in [-0.39, 0.29) is 4.90 Å². The normalized spacial score (nSPS) is 11.2. The summed E-state index contributed by atoms with van der Waals surface area (Å²) in [6, 6.07) is 15.4. The van der Waals surface area contributed by atoms with E-state index < -0.39 is 10.0 Å². The molecule has 1 heterocycles. The first-order valence-corrected chi connectivity index (χ1v) is 7.80. The first-order valence-electron chi connectivity index (χ1n) is 6.32. The van der Waals surface area contributed by atoms with Crippen LogP contribution in [0.4, 0.5) is 5.69 Å². The highest BCUT2D eigenvalue weighted by Gasteiger charge is 2.15. The van der Waals surface area contributed by atoms with Crippen LogP contribution in [0, 0.1) is 0 Å². The number of imidazole rings is 1. The minimum atomic E-state index is -3.61. The number of anilines is 1. The van der Waals surface area contributed by atoms with E-state index in [0.717, 1.165) is 5.69 Å². The van der Waals surface area contributed by atoms with E-state index in [1.54, 1.807) is 65.8 Å². The van der Waals surface area contributed by atoms with Crippen molar-refractivity contribution >= 4 is 15.7 Å². The van der Waals surface area contributed by atoms with Crippen LogP contribution >= 0.6 is 0 Å². The average molecular weight is 299 g/mol. The van der Waals surface area contributed by atoms with Crippen molar-refractivity contribution < 1.29 is 8.42 Å². The second kappa shape index (κ2) is 5.41. The first kappa shape index (κ1) is 13.4. The molecule has 1 aromatic heterocycles. The number of nitrogens with zero attached hydrogens (tertiary/aromatic N) is 2. The van der Waals surface area contributed by atoms with Gasteiger partial charge in [0.2, 0.25) is 0 Å². The molecule has 0 aliphatic carbocycles. The summed E-state index contributed by atoms with van der Waals surface area (Å²) < 4.78 is 29.1. The maximum absolute atomic E-state index is 12.4. The Morgan fingerprint density at radius 1 is 0.952 bits per heavy atom. The number of sulfonamides is 1. The van der Waals surface area contributed by atoms with E-state index in [2.05, 4.69) is 9.71 Å². The lowest BCUT2D eigenvalue weighted by Gasteiger charge is -2.12. The van der Waals surface area contributed by atoms with Crippen molar-refractivity contribution in [1.29, 1.82) is 0 Å². The number of para-hydroxylation sites is 2. The monoisotopic (exact) mass is 299 g/mol. The van der Waals surface area contributed by atoms with Crippen molar-refractivity contribution in [2.75, 3.05) is 4.72 Å². The Morgan fingerprint density at radius 2 is 1.67 bits per heavy atom. The third-order valence-corrected chi connectivity index (χ3v) is 4.37. The molecule has 3 aromatic rings. The molecule has 0 aliphatic rings. The van der Waals surface area contributed by atoms with Gasteiger partial charge in [-0.15, -0.1) is 0 Å². The molecule has 0 spiro atoms. The number of nitrogens with one attached hydrogen (secondary N) is 1. The molecular weight excluding hydrogens is 286 g/mol. The Labute approximate surface area is 122 Å². The van der Waals surface area contributed by atoms with E-state index >= 15 is 0 Å². The molecular formula is C15H13N3O2S. The van der Waals surface area contributed by atoms with Crippen LogP contribution in [0.1, 0.15) is 0 Å². The summed E-state index contributed by atoms with van der Waals surface area (Å²) in [4.78, 5) is 4.21. The summed E-state index contributed by atoms with van der Waals surface area (Å²) in [6.07, 6.45) is 5.02. The molecule has 0 radical (unpaired) electrons. The molecule has 0 atom stereocenters. The minimum absolute atomic E-state index is 0.227. The van der Waals surface area contributed by atoms with E-state index in [1.165, 1.54) is 0 Å². The van der Waals surface area contributed by atoms with Gasteiger partial charge in [0, 0.05) is 12.4 Å². The summed E-state index contributed by atoms with van der Waals surface area (Å²) in [6.45, 7) is 0. The van der Waals surface area contributed by atoms with Crippen molar-refractivity contribution in [2.45, 2.75) is 4.90 Å². The Bertz CT molecular complexity index is 828. The van der Waals surface area contributed by atoms with Gasteiger partial charge in [0.25, 0.3) is 10.0 Å². The molecule has 0 unspecified atom stereocenters. The van der Waals surface area contributed by atoms with Gasteiger partial charge in [0.1, 0.15) is 0 Å². The van der Waals surface area contributed by atoms with Crippen molar-refractivity contribution in [3.63, 3.8) is 0 Å². The summed E-state index contributed by atoms with van der Waals surface area (Å²) in [7, 11) is -3.61. The third-order valence-electron chi connectivity index (χ3n) is 2.98. The van der Waals surface area contributed by atoms with Gasteiger partial charge in [-0.1, -0.05) is 30.3 Å². The van der Waals surface area contributed by atoms with Gasteiger partial charge in [0.15, 0.2) is 0 Å². The maximum Gasteiger partial charge on any atom is 0.261 e. The molecule has 0 fully saturated rings. The van der Waals surface area contributed by atoms with Gasteiger partial charge in [-0.25, -0.2) is 13.4 Å². The zero-order valence-electron chi connectivity index (χ0n) is 11.0. The highest BCUT2D eigenvalue weighted by molar-refractivity contribution is 7.92. The average Bonchev–Trinajstić information content (AvgIpc) is 3.02. The van der Waals surface area contributed by atoms with Crippen LogP contribution in [0.3, 0.4) is 0 Å². The predicted molar refractivity (Wildman–Crippen MR) is 80.8 cm³/mol. The Hall–Kier alpha value is -2.60. The van der Waals surface area contributed by atoms with Gasteiger partial charge >= 0.3 is 0 Å². The van der Waals surface area contributed by atoms with Crippen LogP contribution in [0.15, 0.2) is 78.2 Å². The van der Waals surface area contributed by atoms with Crippen LogP contribution in [0.2, 0.25) is 0 Å². The molecule has 21 heavy (non-hydrogen) atoms. The molecule has 1 N–H and O–H groups in total. The Balaban J connectivity index is 2.00. The summed E-state index contributed by atoms with van der Waals surface area (Å²) in [5, 5.41) is 0. The molecule has 0 bridgehead atoms. The second-order valence-corrected chi connectivity index (χ2v) is 6.09. The molecule has 0 aliphatic heterocycles. The van der Waals surface area contributed by atoms with Crippen LogP contribution in [0.5, 0.6) is 0 Å². The smallest absolute Gasteiger partial charge is 0.261 e. The van der Waals surface area contributed by atoms with Crippen molar-refractivity contribution in [3.05, 3.63) is 73.3 Å². The largest absolute Gasteiger partial charge is 0.304 e. The molecule has 3 rings (SSSR count). The summed E-state index contributed by atoms with van der Waals surface area (Å²) in [5.41, 5.74) is 1.22. The second-order valence-electron chi connectivity index (χ2n) is 4.41. The van der Waals surface area contributed by atoms with Gasteiger partial charge in [-0.05, 0) is 24.3 Å². The molecule has 106 valence electrons. The highest BCUT2D eigenvalue weighted by Crippen LogP contribution is 2.23. The summed E-state index contributed by atoms with van der Waals surface area (Å²) in [5.74, 6) is 0. The van der Waals surface area contributed by atoms with Crippen LogP contribution < -0.4 is 4.72 Å². The standard InChI is InChI=1S/C15H13N3O2S/c19-21(20,13-6-2-1-3-7-13)17-14-8-4-5-9-15(14)18-11-10-16-12-18/h1-12,17H. The molecule has 2 aromatic carbocycles. The molecule has 6 heteroatoms. The van der Waals surface area contributed by atoms with Crippen molar-refractivity contribution in [3.8, 4) is 5.69 Å². The van der Waals surface area contributed by atoms with E-state index in [4.69, 9.17) is 0 Å². The van der Waals surface area contributed by atoms with Crippen LogP contribution in [-0.4, -0.2) is 18.0 Å². The summed E-state index contributed by atoms with van der Waals surface area (Å²) >= 11 is 0. The number of hydrogen-bond donors (Lipinski definition) is 1. The number of aromatic nitrogens is 2.